The number of ether oxygens (including phenoxy) is 1. The zero-order valence-electron chi connectivity index (χ0n) is 20.6. The fourth-order valence-corrected chi connectivity index (χ4v) is 4.62. The monoisotopic (exact) mass is 565 g/mol. The van der Waals surface area contributed by atoms with E-state index in [2.05, 4.69) is 27.0 Å². The van der Waals surface area contributed by atoms with Gasteiger partial charge in [0.05, 0.1) is 6.61 Å². The van der Waals surface area contributed by atoms with Gasteiger partial charge in [0.2, 0.25) is 5.91 Å². The molecule has 8 heteroatoms. The van der Waals surface area contributed by atoms with E-state index < -0.39 is 0 Å². The minimum absolute atomic E-state index is 0.0935. The lowest BCUT2D eigenvalue weighted by molar-refractivity contribution is -0.132. The van der Waals surface area contributed by atoms with Crippen LogP contribution in [0.4, 0.5) is 4.39 Å². The van der Waals surface area contributed by atoms with Crippen molar-refractivity contribution < 1.29 is 18.7 Å². The van der Waals surface area contributed by atoms with E-state index >= 15 is 0 Å². The number of aromatic nitrogens is 1. The van der Waals surface area contributed by atoms with E-state index in [1.165, 1.54) is 17.0 Å². The Bertz CT molecular complexity index is 1360. The predicted octanol–water partition coefficient (Wildman–Crippen LogP) is 5.43. The molecule has 0 fully saturated rings. The third-order valence-corrected chi connectivity index (χ3v) is 6.71. The second kappa shape index (κ2) is 12.7. The van der Waals surface area contributed by atoms with Gasteiger partial charge in [-0.2, -0.15) is 0 Å². The first-order valence-corrected chi connectivity index (χ1v) is 12.8. The maximum atomic E-state index is 13.6. The first-order valence-electron chi connectivity index (χ1n) is 12.1. The number of benzene rings is 3. The Morgan fingerprint density at radius 3 is 2.51 bits per heavy atom. The molecule has 4 rings (SSSR count). The number of nitrogens with zero attached hydrogens (tertiary/aromatic N) is 2. The van der Waals surface area contributed by atoms with E-state index in [4.69, 9.17) is 4.74 Å². The van der Waals surface area contributed by atoms with Crippen molar-refractivity contribution in [2.75, 3.05) is 33.4 Å². The average molecular weight is 566 g/mol. The molecule has 1 aromatic heterocycles. The number of carbonyl (C=O) groups is 2. The van der Waals surface area contributed by atoms with Crippen molar-refractivity contribution in [1.29, 1.82) is 0 Å². The predicted molar refractivity (Wildman–Crippen MR) is 146 cm³/mol. The first-order chi connectivity index (χ1) is 17.9. The molecule has 0 aliphatic rings. The molecule has 192 valence electrons. The van der Waals surface area contributed by atoms with Gasteiger partial charge in [-0.15, -0.1) is 0 Å². The van der Waals surface area contributed by atoms with Crippen LogP contribution in [0.2, 0.25) is 0 Å². The summed E-state index contributed by atoms with van der Waals surface area (Å²) in [6.07, 6.45) is 2.60. The Hall–Kier alpha value is -3.49. The lowest BCUT2D eigenvalue weighted by Gasteiger charge is -2.28. The van der Waals surface area contributed by atoms with E-state index in [-0.39, 0.29) is 30.7 Å². The number of methoxy groups -OCH3 is 1. The highest BCUT2D eigenvalue weighted by Crippen LogP contribution is 2.19. The average Bonchev–Trinajstić information content (AvgIpc) is 3.32. The van der Waals surface area contributed by atoms with Crippen molar-refractivity contribution >= 4 is 38.6 Å². The van der Waals surface area contributed by atoms with Gasteiger partial charge in [0.25, 0.3) is 5.91 Å². The Morgan fingerprint density at radius 1 is 0.973 bits per heavy atom. The number of hydrogen-bond acceptors (Lipinski definition) is 3. The van der Waals surface area contributed by atoms with E-state index in [9.17, 15) is 14.0 Å². The Labute approximate surface area is 224 Å². The second-order valence-electron chi connectivity index (χ2n) is 8.78. The number of aromatic amines is 1. The number of nitrogens with one attached hydrogen (secondary N) is 1. The maximum absolute atomic E-state index is 13.6. The van der Waals surface area contributed by atoms with Crippen molar-refractivity contribution in [3.8, 4) is 0 Å². The van der Waals surface area contributed by atoms with Crippen LogP contribution in [0.15, 0.2) is 83.5 Å². The van der Waals surface area contributed by atoms with Crippen LogP contribution in [0.5, 0.6) is 0 Å². The van der Waals surface area contributed by atoms with Gasteiger partial charge < -0.3 is 19.5 Å². The van der Waals surface area contributed by atoms with Crippen molar-refractivity contribution in [2.45, 2.75) is 13.0 Å². The molecule has 0 saturated carbocycles. The fraction of sp³-hybridized carbons (Fsp3) is 0.241. The van der Waals surface area contributed by atoms with Crippen LogP contribution in [-0.4, -0.2) is 59.9 Å². The number of halogens is 2. The molecule has 3 aromatic carbocycles. The molecule has 6 nitrogen and oxygen atoms in total. The van der Waals surface area contributed by atoms with Gasteiger partial charge in [-0.1, -0.05) is 52.3 Å². The Kier molecular flexibility index (Phi) is 9.09. The van der Waals surface area contributed by atoms with E-state index in [0.29, 0.717) is 31.7 Å². The summed E-state index contributed by atoms with van der Waals surface area (Å²) in [4.78, 5) is 33.4. The molecule has 2 amide bonds. The van der Waals surface area contributed by atoms with Gasteiger partial charge in [0, 0.05) is 53.9 Å². The lowest BCUT2D eigenvalue weighted by atomic mass is 10.1. The Balaban J connectivity index is 1.54. The molecule has 0 aliphatic heterocycles. The van der Waals surface area contributed by atoms with Gasteiger partial charge in [-0.05, 0) is 53.9 Å². The summed E-state index contributed by atoms with van der Waals surface area (Å²) in [5, 5.41) is 1.11. The summed E-state index contributed by atoms with van der Waals surface area (Å²) in [5.41, 5.74) is 3.45. The molecule has 0 spiro atoms. The quantitative estimate of drug-likeness (QED) is 0.264. The molecule has 37 heavy (non-hydrogen) atoms. The Morgan fingerprint density at radius 2 is 1.76 bits per heavy atom. The van der Waals surface area contributed by atoms with Crippen LogP contribution in [-0.2, 0) is 22.5 Å². The molecule has 0 radical (unpaired) electrons. The maximum Gasteiger partial charge on any atom is 0.254 e. The molecule has 0 saturated heterocycles. The minimum atomic E-state index is -0.328. The van der Waals surface area contributed by atoms with Gasteiger partial charge in [-0.3, -0.25) is 9.59 Å². The molecule has 1 N–H and O–H groups in total. The molecule has 0 bridgehead atoms. The number of para-hydroxylation sites is 1. The highest BCUT2D eigenvalue weighted by molar-refractivity contribution is 9.10. The van der Waals surface area contributed by atoms with E-state index in [1.54, 1.807) is 42.3 Å². The molecule has 1 heterocycles. The van der Waals surface area contributed by atoms with Gasteiger partial charge in [0.1, 0.15) is 12.4 Å². The van der Waals surface area contributed by atoms with E-state index in [0.717, 1.165) is 26.5 Å². The zero-order chi connectivity index (χ0) is 26.2. The topological polar surface area (TPSA) is 65.6 Å². The highest BCUT2D eigenvalue weighted by Gasteiger charge is 2.23. The van der Waals surface area contributed by atoms with E-state index in [1.807, 2.05) is 30.5 Å². The summed E-state index contributed by atoms with van der Waals surface area (Å²) < 4.78 is 19.5. The van der Waals surface area contributed by atoms with Crippen LogP contribution in [0.25, 0.3) is 10.9 Å². The van der Waals surface area contributed by atoms with Crippen LogP contribution >= 0.6 is 15.9 Å². The highest BCUT2D eigenvalue weighted by atomic mass is 79.9. The fourth-order valence-electron chi connectivity index (χ4n) is 4.22. The summed E-state index contributed by atoms with van der Waals surface area (Å²) >= 11 is 3.41. The molecule has 0 atom stereocenters. The SMILES string of the molecule is COCCN(CC(=O)N(CCc1c[nH]c2ccccc12)Cc1ccc(F)cc1)C(=O)c1cccc(Br)c1. The smallest absolute Gasteiger partial charge is 0.254 e. The van der Waals surface area contributed by atoms with Crippen molar-refractivity contribution in [1.82, 2.24) is 14.8 Å². The number of carbonyl (C=O) groups excluding carboxylic acids is 2. The van der Waals surface area contributed by atoms with Crippen LogP contribution < -0.4 is 0 Å². The molecule has 4 aromatic rings. The third-order valence-electron chi connectivity index (χ3n) is 6.22. The lowest BCUT2D eigenvalue weighted by Crippen LogP contribution is -2.44. The van der Waals surface area contributed by atoms with Crippen LogP contribution in [0.3, 0.4) is 0 Å². The third kappa shape index (κ3) is 7.05. The number of hydrogen-bond donors (Lipinski definition) is 1. The van der Waals surface area contributed by atoms with Crippen molar-refractivity contribution in [3.05, 3.63) is 106 Å². The summed E-state index contributed by atoms with van der Waals surface area (Å²) in [6, 6.07) is 21.3. The van der Waals surface area contributed by atoms with Gasteiger partial charge in [0.15, 0.2) is 0 Å². The molecular formula is C29H29BrFN3O3. The summed E-state index contributed by atoms with van der Waals surface area (Å²) in [6.45, 7) is 1.25. The minimum Gasteiger partial charge on any atom is -0.383 e. The number of amides is 2. The van der Waals surface area contributed by atoms with Crippen LogP contribution in [0, 0.1) is 5.82 Å². The number of rotatable bonds is 11. The van der Waals surface area contributed by atoms with Crippen molar-refractivity contribution in [3.63, 3.8) is 0 Å². The molecule has 0 aliphatic carbocycles. The van der Waals surface area contributed by atoms with Crippen molar-refractivity contribution in [2.24, 2.45) is 0 Å². The number of fused-ring (bicyclic) bond motifs is 1. The normalized spacial score (nSPS) is 11.0. The number of H-pyrrole nitrogens is 1. The largest absolute Gasteiger partial charge is 0.383 e. The summed E-state index contributed by atoms with van der Waals surface area (Å²) in [7, 11) is 1.56. The molecule has 0 unspecified atom stereocenters. The zero-order valence-corrected chi connectivity index (χ0v) is 22.2. The van der Waals surface area contributed by atoms with Gasteiger partial charge in [-0.25, -0.2) is 4.39 Å². The second-order valence-corrected chi connectivity index (χ2v) is 9.70. The standard InChI is InChI=1S/C29H29BrFN3O3/c1-37-16-15-34(29(36)22-5-4-6-24(30)17-22)20-28(35)33(19-21-9-11-25(31)12-10-21)14-13-23-18-32-27-8-3-2-7-26(23)27/h2-12,17-18,32H,13-16,19-20H2,1H3. The molecular weight excluding hydrogens is 537 g/mol. The van der Waals surface area contributed by atoms with Crippen LogP contribution in [0.1, 0.15) is 21.5 Å². The summed E-state index contributed by atoms with van der Waals surface area (Å²) in [5.74, 6) is -0.764. The first kappa shape index (κ1) is 26.6. The van der Waals surface area contributed by atoms with Gasteiger partial charge >= 0.3 is 0 Å².